The van der Waals surface area contributed by atoms with Crippen molar-refractivity contribution in [2.24, 2.45) is 0 Å². The Morgan fingerprint density at radius 1 is 1.40 bits per heavy atom. The molecule has 0 spiro atoms. The van der Waals surface area contributed by atoms with E-state index < -0.39 is 4.92 Å². The maximum atomic E-state index is 10.9. The number of thiazole rings is 1. The van der Waals surface area contributed by atoms with Gasteiger partial charge in [-0.1, -0.05) is 0 Å². The van der Waals surface area contributed by atoms with Crippen molar-refractivity contribution in [2.75, 3.05) is 23.7 Å². The molecule has 0 bridgehead atoms. The molecule has 0 atom stereocenters. The third-order valence-electron chi connectivity index (χ3n) is 2.46. The van der Waals surface area contributed by atoms with Crippen molar-refractivity contribution in [2.45, 2.75) is 13.3 Å². The molecule has 0 saturated carbocycles. The smallest absolute Gasteiger partial charge is 0.329 e. The van der Waals surface area contributed by atoms with Crippen LogP contribution in [0, 0.1) is 10.1 Å². The van der Waals surface area contributed by atoms with Crippen molar-refractivity contribution in [3.8, 4) is 0 Å². The van der Waals surface area contributed by atoms with Crippen molar-refractivity contribution in [3.63, 3.8) is 0 Å². The summed E-state index contributed by atoms with van der Waals surface area (Å²) in [6.07, 6.45) is 1.89. The molecule has 2 aromatic rings. The third kappa shape index (κ3) is 3.60. The van der Waals surface area contributed by atoms with Crippen LogP contribution in [0.4, 0.5) is 17.5 Å². The van der Waals surface area contributed by atoms with E-state index >= 15 is 0 Å². The number of hydrogen-bond donors (Lipinski definition) is 2. The predicted molar refractivity (Wildman–Crippen MR) is 77.2 cm³/mol. The van der Waals surface area contributed by atoms with Crippen LogP contribution in [0.5, 0.6) is 0 Å². The molecule has 2 aromatic heterocycles. The average Bonchev–Trinajstić information content (AvgIpc) is 2.92. The maximum absolute atomic E-state index is 10.9. The molecule has 2 N–H and O–H groups in total. The molecule has 2 rings (SSSR count). The number of nitrogens with one attached hydrogen (secondary N) is 2. The summed E-state index contributed by atoms with van der Waals surface area (Å²) in [6, 6.07) is 0. The van der Waals surface area contributed by atoms with Crippen LogP contribution in [-0.2, 0) is 6.42 Å². The van der Waals surface area contributed by atoms with Gasteiger partial charge in [-0.25, -0.2) is 9.97 Å². The van der Waals surface area contributed by atoms with Gasteiger partial charge in [0, 0.05) is 24.9 Å². The van der Waals surface area contributed by atoms with Crippen molar-refractivity contribution in [3.05, 3.63) is 32.9 Å². The highest BCUT2D eigenvalue weighted by atomic mass is 32.1. The van der Waals surface area contributed by atoms with Gasteiger partial charge in [-0.3, -0.25) is 10.1 Å². The molecule has 0 amide bonds. The summed E-state index contributed by atoms with van der Waals surface area (Å²) in [5, 5.41) is 18.8. The fourth-order valence-corrected chi connectivity index (χ4v) is 2.15. The Morgan fingerprint density at radius 2 is 2.25 bits per heavy atom. The molecule has 0 aliphatic rings. The fraction of sp³-hybridized carbons (Fsp3) is 0.364. The number of nitro groups is 1. The van der Waals surface area contributed by atoms with E-state index in [1.807, 2.05) is 12.3 Å². The van der Waals surface area contributed by atoms with E-state index in [4.69, 9.17) is 0 Å². The minimum Gasteiger partial charge on any atom is -0.364 e. The molecule has 0 radical (unpaired) electrons. The molecule has 0 aliphatic carbocycles. The third-order valence-corrected chi connectivity index (χ3v) is 3.09. The lowest BCUT2D eigenvalue weighted by atomic mass is 10.3. The van der Waals surface area contributed by atoms with E-state index in [1.54, 1.807) is 5.51 Å². The molecule has 0 unspecified atom stereocenters. The molecule has 0 aliphatic heterocycles. The first-order chi connectivity index (χ1) is 9.70. The summed E-state index contributed by atoms with van der Waals surface area (Å²) in [6.45, 7) is 3.07. The Hall–Kier alpha value is -2.29. The van der Waals surface area contributed by atoms with Crippen LogP contribution in [0.2, 0.25) is 0 Å². The monoisotopic (exact) mass is 294 g/mol. The highest BCUT2D eigenvalue weighted by Gasteiger charge is 2.16. The number of rotatable bonds is 7. The fourth-order valence-electron chi connectivity index (χ4n) is 1.55. The van der Waals surface area contributed by atoms with Crippen LogP contribution in [0.15, 0.2) is 17.1 Å². The van der Waals surface area contributed by atoms with Gasteiger partial charge >= 0.3 is 5.69 Å². The Bertz CT molecular complexity index is 574. The largest absolute Gasteiger partial charge is 0.364 e. The van der Waals surface area contributed by atoms with Gasteiger partial charge in [-0.15, -0.1) is 11.3 Å². The molecule has 9 heteroatoms. The molecule has 0 saturated heterocycles. The zero-order chi connectivity index (χ0) is 14.4. The lowest BCUT2D eigenvalue weighted by Crippen LogP contribution is -2.11. The van der Waals surface area contributed by atoms with Gasteiger partial charge in [0.1, 0.15) is 6.20 Å². The summed E-state index contributed by atoms with van der Waals surface area (Å²) in [4.78, 5) is 22.6. The van der Waals surface area contributed by atoms with E-state index in [0.717, 1.165) is 5.69 Å². The molecule has 20 heavy (non-hydrogen) atoms. The summed E-state index contributed by atoms with van der Waals surface area (Å²) in [7, 11) is 0. The lowest BCUT2D eigenvalue weighted by Gasteiger charge is -2.07. The Labute approximate surface area is 119 Å². The van der Waals surface area contributed by atoms with Crippen LogP contribution >= 0.6 is 11.3 Å². The Kier molecular flexibility index (Phi) is 4.77. The van der Waals surface area contributed by atoms with Crippen molar-refractivity contribution in [1.82, 2.24) is 15.0 Å². The standard InChI is InChI=1S/C11H14N6O2S/c1-2-12-11-14-5-9(17(18)19)10(16-11)13-4-3-8-6-20-7-15-8/h5-7H,2-4H2,1H3,(H2,12,13,14,16). The van der Waals surface area contributed by atoms with Crippen molar-refractivity contribution < 1.29 is 4.92 Å². The molecule has 0 aromatic carbocycles. The summed E-state index contributed by atoms with van der Waals surface area (Å²) >= 11 is 1.52. The second-order valence-electron chi connectivity index (χ2n) is 3.87. The van der Waals surface area contributed by atoms with E-state index in [2.05, 4.69) is 25.6 Å². The van der Waals surface area contributed by atoms with E-state index in [9.17, 15) is 10.1 Å². The molecule has 8 nitrogen and oxygen atoms in total. The number of aromatic nitrogens is 3. The van der Waals surface area contributed by atoms with E-state index in [1.165, 1.54) is 17.5 Å². The zero-order valence-electron chi connectivity index (χ0n) is 10.9. The second-order valence-corrected chi connectivity index (χ2v) is 4.59. The molecular formula is C11H14N6O2S. The van der Waals surface area contributed by atoms with Crippen molar-refractivity contribution >= 4 is 28.8 Å². The minimum absolute atomic E-state index is 0.134. The first-order valence-electron chi connectivity index (χ1n) is 6.07. The van der Waals surface area contributed by atoms with Gasteiger partial charge in [0.15, 0.2) is 0 Å². The molecule has 106 valence electrons. The normalized spacial score (nSPS) is 10.2. The van der Waals surface area contributed by atoms with Gasteiger partial charge < -0.3 is 10.6 Å². The van der Waals surface area contributed by atoms with Gasteiger partial charge in [-0.2, -0.15) is 4.98 Å². The quantitative estimate of drug-likeness (QED) is 0.593. The minimum atomic E-state index is -0.499. The first kappa shape index (κ1) is 14.1. The highest BCUT2D eigenvalue weighted by Crippen LogP contribution is 2.21. The number of anilines is 2. The summed E-state index contributed by atoms with van der Waals surface area (Å²) < 4.78 is 0. The van der Waals surface area contributed by atoms with E-state index in [-0.39, 0.29) is 11.5 Å². The first-order valence-corrected chi connectivity index (χ1v) is 7.01. The van der Waals surface area contributed by atoms with Gasteiger partial charge in [0.05, 0.1) is 16.1 Å². The number of nitrogens with zero attached hydrogens (tertiary/aromatic N) is 4. The van der Waals surface area contributed by atoms with Crippen LogP contribution in [0.25, 0.3) is 0 Å². The SMILES string of the molecule is CCNc1ncc([N+](=O)[O-])c(NCCc2cscn2)n1. The average molecular weight is 294 g/mol. The topological polar surface area (TPSA) is 106 Å². The van der Waals surface area contributed by atoms with Gasteiger partial charge in [-0.05, 0) is 6.92 Å². The second kappa shape index (κ2) is 6.75. The molecular weight excluding hydrogens is 280 g/mol. The number of hydrogen-bond acceptors (Lipinski definition) is 8. The Balaban J connectivity index is 2.06. The maximum Gasteiger partial charge on any atom is 0.329 e. The van der Waals surface area contributed by atoms with Crippen LogP contribution < -0.4 is 10.6 Å². The summed E-state index contributed by atoms with van der Waals surface area (Å²) in [5.41, 5.74) is 2.57. The highest BCUT2D eigenvalue weighted by molar-refractivity contribution is 7.07. The van der Waals surface area contributed by atoms with Crippen LogP contribution in [0.1, 0.15) is 12.6 Å². The predicted octanol–water partition coefficient (Wildman–Crippen LogP) is 1.93. The zero-order valence-corrected chi connectivity index (χ0v) is 11.7. The van der Waals surface area contributed by atoms with Crippen LogP contribution in [0.3, 0.4) is 0 Å². The Morgan fingerprint density at radius 3 is 2.90 bits per heavy atom. The molecule has 0 fully saturated rings. The molecule has 2 heterocycles. The van der Waals surface area contributed by atoms with Gasteiger partial charge in [0.2, 0.25) is 11.8 Å². The van der Waals surface area contributed by atoms with Crippen molar-refractivity contribution in [1.29, 1.82) is 0 Å². The lowest BCUT2D eigenvalue weighted by molar-refractivity contribution is -0.384. The van der Waals surface area contributed by atoms with Crippen LogP contribution in [-0.4, -0.2) is 33.0 Å². The van der Waals surface area contributed by atoms with E-state index in [0.29, 0.717) is 25.5 Å². The summed E-state index contributed by atoms with van der Waals surface area (Å²) in [5.74, 6) is 0.588. The van der Waals surface area contributed by atoms with Gasteiger partial charge in [0.25, 0.3) is 0 Å².